The molecule has 3 rings (SSSR count). The number of aldehydes is 1. The number of fused-ring (bicyclic) bond motifs is 1. The topological polar surface area (TPSA) is 20.3 Å². The van der Waals surface area contributed by atoms with Crippen LogP contribution in [-0.4, -0.2) is 12.8 Å². The minimum Gasteiger partial charge on any atom is -0.307 e. The van der Waals surface area contributed by atoms with Crippen molar-refractivity contribution in [3.05, 3.63) is 64.7 Å². The van der Waals surface area contributed by atoms with E-state index in [0.29, 0.717) is 5.92 Å². The number of rotatable bonds is 4. The Morgan fingerprint density at radius 3 is 2.76 bits per heavy atom. The van der Waals surface area contributed by atoms with Gasteiger partial charge in [0.15, 0.2) is 0 Å². The smallest absolute Gasteiger partial charge is 0.150 e. The second-order valence-electron chi connectivity index (χ2n) is 5.42. The van der Waals surface area contributed by atoms with Crippen molar-refractivity contribution in [3.63, 3.8) is 0 Å². The molecule has 0 bridgehead atoms. The number of halogens is 1. The lowest BCUT2D eigenvalue weighted by molar-refractivity contribution is 0.112. The first kappa shape index (κ1) is 14.9. The second-order valence-corrected chi connectivity index (χ2v) is 7.18. The average molecular weight is 409 g/mol. The third kappa shape index (κ3) is 2.97. The van der Waals surface area contributed by atoms with Crippen molar-refractivity contribution < 1.29 is 4.79 Å². The fourth-order valence-corrected chi connectivity index (χ4v) is 4.66. The molecule has 1 heterocycles. The third-order valence-electron chi connectivity index (χ3n) is 3.93. The lowest BCUT2D eigenvalue weighted by Crippen LogP contribution is -2.12. The van der Waals surface area contributed by atoms with Crippen LogP contribution in [0.1, 0.15) is 33.0 Å². The Balaban J connectivity index is 2.01. The molecule has 4 heteroatoms. The maximum atomic E-state index is 11.5. The summed E-state index contributed by atoms with van der Waals surface area (Å²) in [6, 6.07) is 14.7. The molecule has 108 valence electrons. The summed E-state index contributed by atoms with van der Waals surface area (Å²) >= 11 is 2.32. The van der Waals surface area contributed by atoms with Gasteiger partial charge in [0.2, 0.25) is 0 Å². The first-order chi connectivity index (χ1) is 10.2. The second kappa shape index (κ2) is 6.40. The van der Waals surface area contributed by atoms with E-state index in [0.717, 1.165) is 30.4 Å². The van der Waals surface area contributed by atoms with Crippen molar-refractivity contribution in [1.29, 1.82) is 0 Å². The summed E-state index contributed by atoms with van der Waals surface area (Å²) in [7, 11) is 1.70. The quantitative estimate of drug-likeness (QED) is 0.405. The Bertz CT molecular complexity index is 659. The Morgan fingerprint density at radius 2 is 2.10 bits per heavy atom. The summed E-state index contributed by atoms with van der Waals surface area (Å²) < 4.78 is 2.30. The van der Waals surface area contributed by atoms with Gasteiger partial charge in [0, 0.05) is 48.4 Å². The van der Waals surface area contributed by atoms with Gasteiger partial charge in [0.1, 0.15) is 6.29 Å². The van der Waals surface area contributed by atoms with Crippen LogP contribution in [0.25, 0.3) is 0 Å². The van der Waals surface area contributed by atoms with Crippen LogP contribution < -0.4 is 4.31 Å². The van der Waals surface area contributed by atoms with Crippen molar-refractivity contribution in [2.45, 2.75) is 19.3 Å². The van der Waals surface area contributed by atoms with Gasteiger partial charge in [-0.25, -0.2) is 0 Å². The lowest BCUT2D eigenvalue weighted by atomic mass is 9.90. The molecule has 0 saturated heterocycles. The van der Waals surface area contributed by atoms with Gasteiger partial charge in [-0.15, -0.1) is 0 Å². The lowest BCUT2D eigenvalue weighted by Gasteiger charge is -2.14. The number of benzene rings is 2. The standard InChI is InChI=1S/C17H16INOS/c1-12-7-15(11-20)17-14(9-13-5-3-2-4-6-13)10-19(21-18)16(17)8-12/h2-8,11,14H,9-10H2,1H3/t14-/m0/s1. The molecule has 0 aliphatic carbocycles. The molecule has 1 atom stereocenters. The van der Waals surface area contributed by atoms with E-state index < -0.39 is 0 Å². The minimum atomic E-state index is 0.380. The number of carbonyl (C=O) groups excluding carboxylic acids is 1. The highest BCUT2D eigenvalue weighted by atomic mass is 127. The molecule has 0 spiro atoms. The van der Waals surface area contributed by atoms with E-state index in [1.807, 2.05) is 19.1 Å². The fraction of sp³-hybridized carbons (Fsp3) is 0.235. The monoisotopic (exact) mass is 409 g/mol. The van der Waals surface area contributed by atoms with E-state index in [9.17, 15) is 4.79 Å². The third-order valence-corrected chi connectivity index (χ3v) is 5.87. The number of carbonyl (C=O) groups is 1. The summed E-state index contributed by atoms with van der Waals surface area (Å²) in [4.78, 5) is 11.5. The van der Waals surface area contributed by atoms with Crippen LogP contribution in [0.3, 0.4) is 0 Å². The molecule has 2 aromatic rings. The predicted molar refractivity (Wildman–Crippen MR) is 98.4 cm³/mol. The van der Waals surface area contributed by atoms with Crippen molar-refractivity contribution >= 4 is 42.3 Å². The van der Waals surface area contributed by atoms with Crippen LogP contribution in [0.5, 0.6) is 0 Å². The molecule has 1 aliphatic heterocycles. The Labute approximate surface area is 141 Å². The van der Waals surface area contributed by atoms with Crippen LogP contribution in [0, 0.1) is 6.92 Å². The van der Waals surface area contributed by atoms with E-state index in [4.69, 9.17) is 0 Å². The van der Waals surface area contributed by atoms with Gasteiger partial charge in [0.25, 0.3) is 0 Å². The molecule has 0 unspecified atom stereocenters. The molecule has 2 aromatic carbocycles. The minimum absolute atomic E-state index is 0.380. The first-order valence-corrected chi connectivity index (χ1v) is 10.2. The molecule has 1 aliphatic rings. The van der Waals surface area contributed by atoms with Crippen LogP contribution >= 0.6 is 30.3 Å². The van der Waals surface area contributed by atoms with Gasteiger partial charge in [0.05, 0.1) is 5.69 Å². The Morgan fingerprint density at radius 1 is 1.33 bits per heavy atom. The zero-order valence-corrected chi connectivity index (χ0v) is 14.7. The molecular formula is C17H16INOS. The summed E-state index contributed by atoms with van der Waals surface area (Å²) in [5.41, 5.74) is 5.73. The largest absolute Gasteiger partial charge is 0.307 e. The van der Waals surface area contributed by atoms with Crippen molar-refractivity contribution in [3.8, 4) is 0 Å². The molecule has 0 aromatic heterocycles. The summed E-state index contributed by atoms with van der Waals surface area (Å²) in [6.07, 6.45) is 1.98. The van der Waals surface area contributed by atoms with E-state index in [1.54, 1.807) is 9.12 Å². The van der Waals surface area contributed by atoms with Gasteiger partial charge < -0.3 is 4.31 Å². The van der Waals surface area contributed by atoms with Gasteiger partial charge >= 0.3 is 0 Å². The van der Waals surface area contributed by atoms with E-state index in [1.165, 1.54) is 16.8 Å². The summed E-state index contributed by atoms with van der Waals surface area (Å²) in [6.45, 7) is 3.01. The van der Waals surface area contributed by atoms with Crippen LogP contribution in [0.4, 0.5) is 5.69 Å². The van der Waals surface area contributed by atoms with Crippen molar-refractivity contribution in [1.82, 2.24) is 0 Å². The highest BCUT2D eigenvalue weighted by Crippen LogP contribution is 2.45. The van der Waals surface area contributed by atoms with Gasteiger partial charge in [-0.1, -0.05) is 30.3 Å². The first-order valence-electron chi connectivity index (χ1n) is 6.93. The van der Waals surface area contributed by atoms with Crippen molar-refractivity contribution in [2.75, 3.05) is 10.8 Å². The SMILES string of the molecule is Cc1cc(C=O)c2c(c1)N(SI)C[C@@H]2Cc1ccccc1. The van der Waals surface area contributed by atoms with Crippen molar-refractivity contribution in [2.24, 2.45) is 0 Å². The maximum Gasteiger partial charge on any atom is 0.150 e. The molecule has 0 radical (unpaired) electrons. The highest BCUT2D eigenvalue weighted by molar-refractivity contribution is 14.2. The molecule has 0 saturated carbocycles. The molecule has 0 fully saturated rings. The Hall–Kier alpha value is -1.01. The average Bonchev–Trinajstić information content (AvgIpc) is 2.85. The number of hydrogen-bond donors (Lipinski definition) is 0. The molecule has 0 N–H and O–H groups in total. The zero-order valence-electron chi connectivity index (χ0n) is 11.8. The van der Waals surface area contributed by atoms with Gasteiger partial charge in [-0.05, 0) is 42.2 Å². The van der Waals surface area contributed by atoms with E-state index in [-0.39, 0.29) is 0 Å². The van der Waals surface area contributed by atoms with Crippen LogP contribution in [0.15, 0.2) is 42.5 Å². The molecular weight excluding hydrogens is 393 g/mol. The molecule has 2 nitrogen and oxygen atoms in total. The molecule has 21 heavy (non-hydrogen) atoms. The number of hydrogen-bond acceptors (Lipinski definition) is 3. The summed E-state index contributed by atoms with van der Waals surface area (Å²) in [5, 5.41) is 0. The van der Waals surface area contributed by atoms with E-state index in [2.05, 4.69) is 55.8 Å². The number of nitrogens with zero attached hydrogens (tertiary/aromatic N) is 1. The fourth-order valence-electron chi connectivity index (χ4n) is 3.08. The normalized spacial score (nSPS) is 16.9. The summed E-state index contributed by atoms with van der Waals surface area (Å²) in [5.74, 6) is 0.380. The molecule has 0 amide bonds. The predicted octanol–water partition coefficient (Wildman–Crippen LogP) is 4.95. The Kier molecular flexibility index (Phi) is 4.54. The van der Waals surface area contributed by atoms with E-state index >= 15 is 0 Å². The highest BCUT2D eigenvalue weighted by Gasteiger charge is 2.31. The maximum absolute atomic E-state index is 11.5. The van der Waals surface area contributed by atoms with Gasteiger partial charge in [-0.2, -0.15) is 0 Å². The van der Waals surface area contributed by atoms with Crippen LogP contribution in [0.2, 0.25) is 0 Å². The van der Waals surface area contributed by atoms with Gasteiger partial charge in [-0.3, -0.25) is 4.79 Å². The van der Waals surface area contributed by atoms with Crippen LogP contribution in [-0.2, 0) is 6.42 Å². The zero-order chi connectivity index (χ0) is 14.8. The number of anilines is 1. The number of aryl methyl sites for hydroxylation is 1.